The Labute approximate surface area is 130 Å². The van der Waals surface area contributed by atoms with Gasteiger partial charge in [0.1, 0.15) is 0 Å². The molecular weight excluding hydrogens is 340 g/mol. The highest BCUT2D eigenvalue weighted by Crippen LogP contribution is 2.22. The van der Waals surface area contributed by atoms with Crippen LogP contribution in [0, 0.1) is 10.1 Å². The van der Waals surface area contributed by atoms with Gasteiger partial charge >= 0.3 is 0 Å². The molecule has 1 N–H and O–H groups in total. The average molecular weight is 355 g/mol. The maximum atomic E-state index is 10.5. The monoisotopic (exact) mass is 354 g/mol. The molecule has 0 fully saturated rings. The molecule has 0 amide bonds. The standard InChI is InChI=1S/C14H15BrN2O2S/c15-14-6-5-13(20-14)8-10-16-9-7-11-1-3-12(4-2-11)17(18)19/h1-6,16H,7-10H2. The number of nitro groups is 1. The molecule has 0 spiro atoms. The lowest BCUT2D eigenvalue weighted by atomic mass is 10.1. The Kier molecular flexibility index (Phi) is 5.70. The molecule has 1 aromatic heterocycles. The predicted molar refractivity (Wildman–Crippen MR) is 85.4 cm³/mol. The molecule has 0 aliphatic rings. The van der Waals surface area contributed by atoms with Crippen molar-refractivity contribution in [1.29, 1.82) is 0 Å². The minimum atomic E-state index is -0.374. The van der Waals surface area contributed by atoms with Gasteiger partial charge in [-0.15, -0.1) is 11.3 Å². The molecule has 2 rings (SSSR count). The van der Waals surface area contributed by atoms with Gasteiger partial charge in [0.15, 0.2) is 0 Å². The van der Waals surface area contributed by atoms with Crippen molar-refractivity contribution < 1.29 is 4.92 Å². The van der Waals surface area contributed by atoms with Gasteiger partial charge in [-0.1, -0.05) is 12.1 Å². The van der Waals surface area contributed by atoms with E-state index in [0.29, 0.717) is 0 Å². The third kappa shape index (κ3) is 4.70. The summed E-state index contributed by atoms with van der Waals surface area (Å²) < 4.78 is 1.17. The van der Waals surface area contributed by atoms with Crippen molar-refractivity contribution in [3.63, 3.8) is 0 Å². The zero-order chi connectivity index (χ0) is 14.4. The Morgan fingerprint density at radius 2 is 1.80 bits per heavy atom. The molecule has 20 heavy (non-hydrogen) atoms. The van der Waals surface area contributed by atoms with E-state index >= 15 is 0 Å². The molecule has 1 heterocycles. The molecule has 106 valence electrons. The summed E-state index contributed by atoms with van der Waals surface area (Å²) in [6, 6.07) is 10.9. The van der Waals surface area contributed by atoms with E-state index in [9.17, 15) is 10.1 Å². The number of hydrogen-bond donors (Lipinski definition) is 1. The number of halogens is 1. The number of nitrogens with one attached hydrogen (secondary N) is 1. The molecule has 0 aliphatic carbocycles. The first kappa shape index (κ1) is 15.2. The van der Waals surface area contributed by atoms with E-state index in [1.807, 2.05) is 12.1 Å². The fourth-order valence-corrected chi connectivity index (χ4v) is 3.32. The summed E-state index contributed by atoms with van der Waals surface area (Å²) in [5.74, 6) is 0. The summed E-state index contributed by atoms with van der Waals surface area (Å²) in [7, 11) is 0. The van der Waals surface area contributed by atoms with E-state index in [4.69, 9.17) is 0 Å². The lowest BCUT2D eigenvalue weighted by Gasteiger charge is -2.04. The van der Waals surface area contributed by atoms with E-state index in [1.54, 1.807) is 23.5 Å². The summed E-state index contributed by atoms with van der Waals surface area (Å²) >= 11 is 5.21. The smallest absolute Gasteiger partial charge is 0.269 e. The van der Waals surface area contributed by atoms with Crippen LogP contribution in [0.25, 0.3) is 0 Å². The number of nitro benzene ring substituents is 1. The summed E-state index contributed by atoms with van der Waals surface area (Å²) in [5, 5.41) is 13.9. The highest BCUT2D eigenvalue weighted by Gasteiger charge is 2.03. The first-order valence-corrected chi connectivity index (χ1v) is 7.94. The van der Waals surface area contributed by atoms with Crippen molar-refractivity contribution in [3.8, 4) is 0 Å². The van der Waals surface area contributed by atoms with Crippen LogP contribution in [0.4, 0.5) is 5.69 Å². The van der Waals surface area contributed by atoms with Crippen LogP contribution in [0.15, 0.2) is 40.2 Å². The Hall–Kier alpha value is -1.24. The normalized spacial score (nSPS) is 10.7. The number of hydrogen-bond acceptors (Lipinski definition) is 4. The second-order valence-corrected chi connectivity index (χ2v) is 6.93. The van der Waals surface area contributed by atoms with Crippen molar-refractivity contribution in [2.45, 2.75) is 12.8 Å². The van der Waals surface area contributed by atoms with Crippen molar-refractivity contribution in [1.82, 2.24) is 5.32 Å². The van der Waals surface area contributed by atoms with Gasteiger partial charge in [-0.2, -0.15) is 0 Å². The number of benzene rings is 1. The summed E-state index contributed by atoms with van der Waals surface area (Å²) in [4.78, 5) is 11.5. The van der Waals surface area contributed by atoms with Gasteiger partial charge < -0.3 is 5.32 Å². The topological polar surface area (TPSA) is 55.2 Å². The van der Waals surface area contributed by atoms with Crippen molar-refractivity contribution >= 4 is 33.0 Å². The number of thiophene rings is 1. The number of rotatable bonds is 7. The number of nitrogens with zero attached hydrogens (tertiary/aromatic N) is 1. The van der Waals surface area contributed by atoms with Gasteiger partial charge in [0.25, 0.3) is 5.69 Å². The summed E-state index contributed by atoms with van der Waals surface area (Å²) in [6.07, 6.45) is 1.91. The van der Waals surface area contributed by atoms with Crippen molar-refractivity contribution in [3.05, 3.63) is 60.7 Å². The van der Waals surface area contributed by atoms with Gasteiger partial charge in [-0.05, 0) is 59.6 Å². The summed E-state index contributed by atoms with van der Waals surface area (Å²) in [5.41, 5.74) is 1.26. The minimum absolute atomic E-state index is 0.144. The number of non-ortho nitro benzene ring substituents is 1. The van der Waals surface area contributed by atoms with E-state index in [0.717, 1.165) is 31.5 Å². The van der Waals surface area contributed by atoms with Crippen LogP contribution in [0.5, 0.6) is 0 Å². The van der Waals surface area contributed by atoms with E-state index in [1.165, 1.54) is 8.66 Å². The van der Waals surface area contributed by atoms with Crippen LogP contribution in [0.1, 0.15) is 10.4 Å². The van der Waals surface area contributed by atoms with Crippen LogP contribution < -0.4 is 5.32 Å². The molecule has 0 atom stereocenters. The predicted octanol–water partition coefficient (Wildman–Crippen LogP) is 3.79. The molecule has 0 aliphatic heterocycles. The molecule has 1 aromatic carbocycles. The van der Waals surface area contributed by atoms with E-state index in [-0.39, 0.29) is 10.6 Å². The van der Waals surface area contributed by atoms with Gasteiger partial charge in [-0.3, -0.25) is 10.1 Å². The third-order valence-corrected chi connectivity index (χ3v) is 4.60. The Morgan fingerprint density at radius 1 is 1.10 bits per heavy atom. The van der Waals surface area contributed by atoms with Gasteiger partial charge in [-0.25, -0.2) is 0 Å². The second kappa shape index (κ2) is 7.52. The molecule has 0 saturated carbocycles. The molecule has 6 heteroatoms. The van der Waals surface area contributed by atoms with Crippen molar-refractivity contribution in [2.24, 2.45) is 0 Å². The lowest BCUT2D eigenvalue weighted by Crippen LogP contribution is -2.19. The molecule has 2 aromatic rings. The Morgan fingerprint density at radius 3 is 2.40 bits per heavy atom. The van der Waals surface area contributed by atoms with E-state index in [2.05, 4.69) is 33.4 Å². The molecular formula is C14H15BrN2O2S. The Bertz CT molecular complexity index is 569. The SMILES string of the molecule is O=[N+]([O-])c1ccc(CCNCCc2ccc(Br)s2)cc1. The average Bonchev–Trinajstić information content (AvgIpc) is 2.84. The zero-order valence-electron chi connectivity index (χ0n) is 10.8. The highest BCUT2D eigenvalue weighted by molar-refractivity contribution is 9.11. The Balaban J connectivity index is 1.66. The fourth-order valence-electron chi connectivity index (χ4n) is 1.84. The zero-order valence-corrected chi connectivity index (χ0v) is 13.2. The van der Waals surface area contributed by atoms with Gasteiger partial charge in [0.05, 0.1) is 8.71 Å². The molecule has 0 saturated heterocycles. The minimum Gasteiger partial charge on any atom is -0.316 e. The van der Waals surface area contributed by atoms with Crippen LogP contribution in [0.2, 0.25) is 0 Å². The highest BCUT2D eigenvalue weighted by atomic mass is 79.9. The van der Waals surface area contributed by atoms with Gasteiger partial charge in [0, 0.05) is 17.0 Å². The lowest BCUT2D eigenvalue weighted by molar-refractivity contribution is -0.384. The van der Waals surface area contributed by atoms with Crippen LogP contribution in [0.3, 0.4) is 0 Å². The molecule has 4 nitrogen and oxygen atoms in total. The maximum Gasteiger partial charge on any atom is 0.269 e. The van der Waals surface area contributed by atoms with Crippen LogP contribution in [-0.2, 0) is 12.8 Å². The third-order valence-electron chi connectivity index (χ3n) is 2.91. The summed E-state index contributed by atoms with van der Waals surface area (Å²) in [6.45, 7) is 1.82. The largest absolute Gasteiger partial charge is 0.316 e. The van der Waals surface area contributed by atoms with Crippen LogP contribution >= 0.6 is 27.3 Å². The molecule has 0 bridgehead atoms. The van der Waals surface area contributed by atoms with Gasteiger partial charge in [0.2, 0.25) is 0 Å². The first-order valence-electron chi connectivity index (χ1n) is 6.33. The molecule has 0 radical (unpaired) electrons. The van der Waals surface area contributed by atoms with E-state index < -0.39 is 0 Å². The van der Waals surface area contributed by atoms with Crippen LogP contribution in [-0.4, -0.2) is 18.0 Å². The fraction of sp³-hybridized carbons (Fsp3) is 0.286. The molecule has 0 unspecified atom stereocenters. The maximum absolute atomic E-state index is 10.5. The second-order valence-electron chi connectivity index (χ2n) is 4.38. The van der Waals surface area contributed by atoms with Crippen molar-refractivity contribution in [2.75, 3.05) is 13.1 Å². The first-order chi connectivity index (χ1) is 9.65. The quantitative estimate of drug-likeness (QED) is 0.467.